The molecule has 11 nitrogen and oxygen atoms in total. The van der Waals surface area contributed by atoms with E-state index in [0.717, 1.165) is 50.6 Å². The molecule has 0 radical (unpaired) electrons. The summed E-state index contributed by atoms with van der Waals surface area (Å²) in [5, 5.41) is 0. The second kappa shape index (κ2) is 20.0. The molecular formula is C33H47NO10. The maximum Gasteiger partial charge on any atom is 0.338 e. The zero-order valence-electron chi connectivity index (χ0n) is 27.1. The predicted molar refractivity (Wildman–Crippen MR) is 168 cm³/mol. The van der Waals surface area contributed by atoms with E-state index in [4.69, 9.17) is 37.9 Å². The molecule has 44 heavy (non-hydrogen) atoms. The summed E-state index contributed by atoms with van der Waals surface area (Å²) in [7, 11) is 11.2. The standard InChI is InChI=1S/C33H47NO10/c1-34(17-19-43-30(35)15-14-24-20-26(37-2)31(41-6)27(21-24)38-3)16-12-10-8-9-11-13-18-44-33(36)25-22-28(39-4)32(42-7)29(23-25)40-5/h14-15,20-23H,8-13,16-19H2,1-7H3/b15-14+. The van der Waals surface area contributed by atoms with Gasteiger partial charge in [-0.25, -0.2) is 9.59 Å². The number of hydrogen-bond donors (Lipinski definition) is 0. The molecule has 0 saturated heterocycles. The molecule has 0 spiro atoms. The molecule has 0 unspecified atom stereocenters. The fourth-order valence-electron chi connectivity index (χ4n) is 4.46. The van der Waals surface area contributed by atoms with E-state index in [1.165, 1.54) is 34.5 Å². The molecule has 2 aromatic carbocycles. The number of unbranched alkanes of at least 4 members (excludes halogenated alkanes) is 5. The van der Waals surface area contributed by atoms with Gasteiger partial charge in [-0.15, -0.1) is 0 Å². The van der Waals surface area contributed by atoms with E-state index in [2.05, 4.69) is 4.90 Å². The van der Waals surface area contributed by atoms with Crippen LogP contribution in [-0.4, -0.2) is 92.8 Å². The Bertz CT molecular complexity index is 1160. The molecule has 11 heteroatoms. The molecule has 0 N–H and O–H groups in total. The summed E-state index contributed by atoms with van der Waals surface area (Å²) in [6, 6.07) is 6.68. The summed E-state index contributed by atoms with van der Waals surface area (Å²) in [6.45, 7) is 2.24. The lowest BCUT2D eigenvalue weighted by molar-refractivity contribution is -0.138. The molecule has 2 rings (SSSR count). The van der Waals surface area contributed by atoms with E-state index in [9.17, 15) is 9.59 Å². The first-order valence-corrected chi connectivity index (χ1v) is 14.6. The Balaban J connectivity index is 1.57. The molecule has 244 valence electrons. The first kappa shape index (κ1) is 36.1. The van der Waals surface area contributed by atoms with Gasteiger partial charge in [0.1, 0.15) is 6.61 Å². The van der Waals surface area contributed by atoms with Gasteiger partial charge in [0.2, 0.25) is 11.5 Å². The highest BCUT2D eigenvalue weighted by Gasteiger charge is 2.18. The van der Waals surface area contributed by atoms with Crippen LogP contribution in [0, 0.1) is 0 Å². The normalized spacial score (nSPS) is 10.9. The Kier molecular flexibility index (Phi) is 16.4. The summed E-state index contributed by atoms with van der Waals surface area (Å²) in [4.78, 5) is 26.8. The summed E-state index contributed by atoms with van der Waals surface area (Å²) in [5.74, 6) is 1.92. The van der Waals surface area contributed by atoms with Gasteiger partial charge in [-0.05, 0) is 62.3 Å². The number of esters is 2. The predicted octanol–water partition coefficient (Wildman–Crippen LogP) is 5.42. The molecule has 0 amide bonds. The van der Waals surface area contributed by atoms with Crippen LogP contribution in [-0.2, 0) is 14.3 Å². The Morgan fingerprint density at radius 2 is 1.11 bits per heavy atom. The lowest BCUT2D eigenvalue weighted by atomic mass is 10.1. The van der Waals surface area contributed by atoms with E-state index < -0.39 is 11.9 Å². The number of likely N-dealkylation sites (N-methyl/N-ethyl adjacent to an activating group) is 1. The fraction of sp³-hybridized carbons (Fsp3) is 0.515. The number of ether oxygens (including phenoxy) is 8. The zero-order valence-corrected chi connectivity index (χ0v) is 27.1. The van der Waals surface area contributed by atoms with E-state index in [-0.39, 0.29) is 0 Å². The van der Waals surface area contributed by atoms with Crippen LogP contribution in [0.3, 0.4) is 0 Å². The second-order valence-corrected chi connectivity index (χ2v) is 9.93. The second-order valence-electron chi connectivity index (χ2n) is 9.93. The lowest BCUT2D eigenvalue weighted by Crippen LogP contribution is -2.25. The number of benzene rings is 2. The molecule has 0 aliphatic rings. The summed E-state index contributed by atoms with van der Waals surface area (Å²) in [6.07, 6.45) is 9.16. The van der Waals surface area contributed by atoms with E-state index in [1.54, 1.807) is 44.6 Å². The van der Waals surface area contributed by atoms with Crippen LogP contribution in [0.2, 0.25) is 0 Å². The van der Waals surface area contributed by atoms with Crippen molar-refractivity contribution in [1.82, 2.24) is 4.90 Å². The number of nitrogens with zero attached hydrogens (tertiary/aromatic N) is 1. The maximum atomic E-state index is 12.5. The first-order valence-electron chi connectivity index (χ1n) is 14.6. The summed E-state index contributed by atoms with van der Waals surface area (Å²) >= 11 is 0. The average molecular weight is 618 g/mol. The van der Waals surface area contributed by atoms with Crippen molar-refractivity contribution in [3.8, 4) is 34.5 Å². The van der Waals surface area contributed by atoms with Crippen molar-refractivity contribution in [2.45, 2.75) is 38.5 Å². The van der Waals surface area contributed by atoms with E-state index in [1.807, 2.05) is 7.05 Å². The minimum absolute atomic E-state index is 0.309. The third-order valence-electron chi connectivity index (χ3n) is 6.88. The van der Waals surface area contributed by atoms with Gasteiger partial charge in [-0.2, -0.15) is 0 Å². The number of rotatable bonds is 21. The summed E-state index contributed by atoms with van der Waals surface area (Å²) < 4.78 is 42.6. The highest BCUT2D eigenvalue weighted by atomic mass is 16.5. The Labute approximate surface area is 260 Å². The van der Waals surface area contributed by atoms with Gasteiger partial charge in [-0.3, -0.25) is 0 Å². The maximum absolute atomic E-state index is 12.5. The minimum Gasteiger partial charge on any atom is -0.493 e. The lowest BCUT2D eigenvalue weighted by Gasteiger charge is -2.16. The molecule has 0 heterocycles. The van der Waals surface area contributed by atoms with Crippen LogP contribution >= 0.6 is 0 Å². The first-order chi connectivity index (χ1) is 21.3. The van der Waals surface area contributed by atoms with Crippen LogP contribution in [0.1, 0.15) is 54.4 Å². The van der Waals surface area contributed by atoms with Crippen LogP contribution in [0.25, 0.3) is 6.08 Å². The molecule has 0 bridgehead atoms. The molecule has 0 aromatic heterocycles. The molecule has 0 atom stereocenters. The van der Waals surface area contributed by atoms with Crippen LogP contribution in [0.15, 0.2) is 30.3 Å². The summed E-state index contributed by atoms with van der Waals surface area (Å²) in [5.41, 5.74) is 1.08. The number of carbonyl (C=O) groups excluding carboxylic acids is 2. The van der Waals surface area contributed by atoms with Gasteiger partial charge in [0.05, 0.1) is 54.8 Å². The third kappa shape index (κ3) is 11.5. The molecule has 0 saturated carbocycles. The topological polar surface area (TPSA) is 111 Å². The van der Waals surface area contributed by atoms with Crippen molar-refractivity contribution >= 4 is 18.0 Å². The SMILES string of the molecule is COc1cc(/C=C/C(=O)OCCN(C)CCCCCCCCOC(=O)c2cc(OC)c(OC)c(OC)c2)cc(OC)c1OC. The highest BCUT2D eigenvalue weighted by Crippen LogP contribution is 2.39. The number of hydrogen-bond acceptors (Lipinski definition) is 11. The molecule has 0 aliphatic carbocycles. The third-order valence-corrected chi connectivity index (χ3v) is 6.88. The average Bonchev–Trinajstić information content (AvgIpc) is 3.04. The number of methoxy groups -OCH3 is 6. The fourth-order valence-corrected chi connectivity index (χ4v) is 4.46. The largest absolute Gasteiger partial charge is 0.493 e. The van der Waals surface area contributed by atoms with Crippen LogP contribution in [0.4, 0.5) is 0 Å². The number of carbonyl (C=O) groups is 2. The van der Waals surface area contributed by atoms with Gasteiger partial charge < -0.3 is 42.8 Å². The minimum atomic E-state index is -0.424. The van der Waals surface area contributed by atoms with Crippen molar-refractivity contribution < 1.29 is 47.5 Å². The van der Waals surface area contributed by atoms with Crippen LogP contribution in [0.5, 0.6) is 34.5 Å². The zero-order chi connectivity index (χ0) is 32.3. The van der Waals surface area contributed by atoms with Crippen molar-refractivity contribution in [3.63, 3.8) is 0 Å². The van der Waals surface area contributed by atoms with Crippen LogP contribution < -0.4 is 28.4 Å². The molecular weight excluding hydrogens is 570 g/mol. The monoisotopic (exact) mass is 617 g/mol. The molecule has 2 aromatic rings. The van der Waals surface area contributed by atoms with Crippen molar-refractivity contribution in [3.05, 3.63) is 41.5 Å². The quantitative estimate of drug-likeness (QED) is 0.102. The van der Waals surface area contributed by atoms with Crippen molar-refractivity contribution in [2.24, 2.45) is 0 Å². The molecule has 0 fully saturated rings. The highest BCUT2D eigenvalue weighted by molar-refractivity contribution is 5.91. The Morgan fingerprint density at radius 3 is 1.64 bits per heavy atom. The van der Waals surface area contributed by atoms with Gasteiger partial charge in [-0.1, -0.05) is 25.7 Å². The van der Waals surface area contributed by atoms with E-state index in [0.29, 0.717) is 59.8 Å². The van der Waals surface area contributed by atoms with Crippen molar-refractivity contribution in [2.75, 3.05) is 76.0 Å². The van der Waals surface area contributed by atoms with Gasteiger partial charge in [0.15, 0.2) is 23.0 Å². The van der Waals surface area contributed by atoms with Gasteiger partial charge >= 0.3 is 11.9 Å². The molecule has 0 aliphatic heterocycles. The Hall–Kier alpha value is -4.12. The van der Waals surface area contributed by atoms with Gasteiger partial charge in [0.25, 0.3) is 0 Å². The van der Waals surface area contributed by atoms with Crippen molar-refractivity contribution in [1.29, 1.82) is 0 Å². The van der Waals surface area contributed by atoms with E-state index >= 15 is 0 Å². The smallest absolute Gasteiger partial charge is 0.338 e. The van der Waals surface area contributed by atoms with Gasteiger partial charge in [0, 0.05) is 12.6 Å². The Morgan fingerprint density at radius 1 is 0.614 bits per heavy atom.